The second-order valence-electron chi connectivity index (χ2n) is 5.22. The van der Waals surface area contributed by atoms with Crippen molar-refractivity contribution in [3.8, 4) is 12.1 Å². The molecule has 0 aliphatic heterocycles. The number of fused-ring (bicyclic) bond motifs is 1. The van der Waals surface area contributed by atoms with Gasteiger partial charge in [0.2, 0.25) is 0 Å². The summed E-state index contributed by atoms with van der Waals surface area (Å²) in [5, 5.41) is 19.5. The van der Waals surface area contributed by atoms with E-state index in [4.69, 9.17) is 5.26 Å². The van der Waals surface area contributed by atoms with E-state index in [-0.39, 0.29) is 0 Å². The molecule has 3 nitrogen and oxygen atoms in total. The monoisotopic (exact) mass is 335 g/mol. The van der Waals surface area contributed by atoms with Crippen molar-refractivity contribution in [2.75, 3.05) is 19.0 Å². The van der Waals surface area contributed by atoms with Crippen LogP contribution in [-0.2, 0) is 0 Å². The van der Waals surface area contributed by atoms with E-state index >= 15 is 0 Å². The zero-order valence-corrected chi connectivity index (χ0v) is 14.3. The van der Waals surface area contributed by atoms with Gasteiger partial charge in [-0.2, -0.15) is 10.5 Å². The zero-order chi connectivity index (χ0) is 16.4. The number of nitrogens with zero attached hydrogens (tertiary/aromatic N) is 3. The van der Waals surface area contributed by atoms with Gasteiger partial charge in [-0.25, -0.2) is 0 Å². The highest BCUT2D eigenvalue weighted by atomic mass is 32.1. The van der Waals surface area contributed by atoms with Gasteiger partial charge in [-0.3, -0.25) is 0 Å². The first-order chi connectivity index (χ1) is 11.1. The van der Waals surface area contributed by atoms with Crippen LogP contribution in [0.25, 0.3) is 21.0 Å². The fraction of sp³-hybridized carbons (Fsp3) is 0.111. The molecule has 0 N–H and O–H groups in total. The molecule has 0 aliphatic carbocycles. The summed E-state index contributed by atoms with van der Waals surface area (Å²) in [5.41, 5.74) is 2.03. The Morgan fingerprint density at radius 1 is 1.04 bits per heavy atom. The normalized spacial score (nSPS) is 11.2. The molecule has 0 fully saturated rings. The quantitative estimate of drug-likeness (QED) is 0.635. The third kappa shape index (κ3) is 3.12. The van der Waals surface area contributed by atoms with Crippen LogP contribution in [0.3, 0.4) is 0 Å². The van der Waals surface area contributed by atoms with E-state index in [1.807, 2.05) is 32.3 Å². The van der Waals surface area contributed by atoms with Gasteiger partial charge in [0, 0.05) is 28.4 Å². The smallest absolute Gasteiger partial charge is 0.0998 e. The summed E-state index contributed by atoms with van der Waals surface area (Å²) in [6.45, 7) is 0. The topological polar surface area (TPSA) is 50.8 Å². The van der Waals surface area contributed by atoms with Crippen molar-refractivity contribution in [3.63, 3.8) is 0 Å². The van der Waals surface area contributed by atoms with Crippen LogP contribution in [0.1, 0.15) is 16.0 Å². The van der Waals surface area contributed by atoms with Crippen LogP contribution >= 0.6 is 22.7 Å². The third-order valence-electron chi connectivity index (χ3n) is 3.39. The molecule has 112 valence electrons. The molecule has 3 rings (SSSR count). The number of rotatable bonds is 3. The van der Waals surface area contributed by atoms with Crippen LogP contribution in [0, 0.1) is 22.7 Å². The Morgan fingerprint density at radius 3 is 2.30 bits per heavy atom. The number of hydrogen-bond acceptors (Lipinski definition) is 5. The molecule has 1 aromatic carbocycles. The number of allylic oxidation sites excluding steroid dienone is 1. The fourth-order valence-electron chi connectivity index (χ4n) is 2.18. The predicted molar refractivity (Wildman–Crippen MR) is 98.7 cm³/mol. The van der Waals surface area contributed by atoms with Crippen LogP contribution in [0.15, 0.2) is 36.4 Å². The van der Waals surface area contributed by atoms with Gasteiger partial charge >= 0.3 is 0 Å². The van der Waals surface area contributed by atoms with Gasteiger partial charge in [0.1, 0.15) is 0 Å². The number of anilines is 1. The molecule has 0 spiro atoms. The van der Waals surface area contributed by atoms with Crippen molar-refractivity contribution >= 4 is 48.7 Å². The average molecular weight is 335 g/mol. The minimum atomic E-state index is 0.596. The number of nitriles is 2. The van der Waals surface area contributed by atoms with Gasteiger partial charge in [-0.15, -0.1) is 22.7 Å². The van der Waals surface area contributed by atoms with Crippen LogP contribution in [0.5, 0.6) is 0 Å². The average Bonchev–Trinajstić information content (AvgIpc) is 3.11. The Morgan fingerprint density at radius 2 is 1.74 bits per heavy atom. The lowest BCUT2D eigenvalue weighted by molar-refractivity contribution is 1.16. The van der Waals surface area contributed by atoms with E-state index < -0.39 is 0 Å². The Kier molecular flexibility index (Phi) is 4.16. The summed E-state index contributed by atoms with van der Waals surface area (Å²) in [5.74, 6) is 0. The molecule has 0 amide bonds. The highest BCUT2D eigenvalue weighted by molar-refractivity contribution is 7.30. The highest BCUT2D eigenvalue weighted by Crippen LogP contribution is 2.38. The maximum atomic E-state index is 9.43. The molecule has 2 aromatic heterocycles. The molecule has 0 aliphatic rings. The second kappa shape index (κ2) is 6.26. The van der Waals surface area contributed by atoms with Gasteiger partial charge in [0.05, 0.1) is 28.3 Å². The predicted octanol–water partition coefficient (Wildman–Crippen LogP) is 4.96. The first-order valence-electron chi connectivity index (χ1n) is 6.94. The maximum absolute atomic E-state index is 9.43. The Hall–Kier alpha value is -2.60. The lowest BCUT2D eigenvalue weighted by atomic mass is 10.0. The SMILES string of the molecule is CN(C)c1cc2sc(/C=C(\C#N)c3ccc(C#N)cc3)cc2s1. The van der Waals surface area contributed by atoms with Crippen molar-refractivity contribution in [3.05, 3.63) is 52.4 Å². The number of thiophene rings is 2. The maximum Gasteiger partial charge on any atom is 0.0998 e. The molecular weight excluding hydrogens is 322 g/mol. The molecule has 2 heterocycles. The van der Waals surface area contributed by atoms with Crippen molar-refractivity contribution in [1.29, 1.82) is 10.5 Å². The Bertz CT molecular complexity index is 929. The van der Waals surface area contributed by atoms with Crippen LogP contribution < -0.4 is 4.90 Å². The van der Waals surface area contributed by atoms with E-state index in [0.29, 0.717) is 11.1 Å². The molecule has 0 saturated heterocycles. The number of hydrogen-bond donors (Lipinski definition) is 0. The lowest BCUT2D eigenvalue weighted by Crippen LogP contribution is -2.05. The van der Waals surface area contributed by atoms with Gasteiger partial charge in [0.15, 0.2) is 0 Å². The van der Waals surface area contributed by atoms with Gasteiger partial charge in [0.25, 0.3) is 0 Å². The van der Waals surface area contributed by atoms with Gasteiger partial charge in [-0.05, 0) is 35.9 Å². The van der Waals surface area contributed by atoms with E-state index in [0.717, 1.165) is 10.4 Å². The molecule has 0 radical (unpaired) electrons. The summed E-state index contributed by atoms with van der Waals surface area (Å²) in [6, 6.07) is 15.7. The molecule has 5 heteroatoms. The minimum Gasteiger partial charge on any atom is -0.370 e. The van der Waals surface area contributed by atoms with Crippen LogP contribution in [0.4, 0.5) is 5.00 Å². The third-order valence-corrected chi connectivity index (χ3v) is 5.79. The van der Waals surface area contributed by atoms with E-state index in [1.165, 1.54) is 14.4 Å². The van der Waals surface area contributed by atoms with E-state index in [9.17, 15) is 5.26 Å². The summed E-state index contributed by atoms with van der Waals surface area (Å²) in [7, 11) is 4.07. The van der Waals surface area contributed by atoms with E-state index in [2.05, 4.69) is 29.2 Å². The van der Waals surface area contributed by atoms with Crippen molar-refractivity contribution in [1.82, 2.24) is 0 Å². The molecular formula is C18H13N3S2. The first-order valence-corrected chi connectivity index (χ1v) is 8.57. The van der Waals surface area contributed by atoms with Crippen LogP contribution in [0.2, 0.25) is 0 Å². The summed E-state index contributed by atoms with van der Waals surface area (Å²) in [6.07, 6.45) is 1.91. The van der Waals surface area contributed by atoms with E-state index in [1.54, 1.807) is 34.8 Å². The lowest BCUT2D eigenvalue weighted by Gasteiger charge is -2.06. The minimum absolute atomic E-state index is 0.596. The molecule has 3 aromatic rings. The molecule has 0 atom stereocenters. The molecule has 0 unspecified atom stereocenters. The zero-order valence-electron chi connectivity index (χ0n) is 12.7. The van der Waals surface area contributed by atoms with Crippen molar-refractivity contribution in [2.45, 2.75) is 0 Å². The van der Waals surface area contributed by atoms with Crippen LogP contribution in [-0.4, -0.2) is 14.1 Å². The van der Waals surface area contributed by atoms with Gasteiger partial charge < -0.3 is 4.90 Å². The summed E-state index contributed by atoms with van der Waals surface area (Å²) < 4.78 is 2.48. The van der Waals surface area contributed by atoms with Crippen molar-refractivity contribution < 1.29 is 0 Å². The van der Waals surface area contributed by atoms with Crippen molar-refractivity contribution in [2.24, 2.45) is 0 Å². The Balaban J connectivity index is 1.96. The summed E-state index contributed by atoms with van der Waals surface area (Å²) in [4.78, 5) is 3.17. The highest BCUT2D eigenvalue weighted by Gasteiger charge is 2.08. The number of benzene rings is 1. The fourth-order valence-corrected chi connectivity index (χ4v) is 4.45. The van der Waals surface area contributed by atoms with Gasteiger partial charge in [-0.1, -0.05) is 12.1 Å². The molecule has 0 saturated carbocycles. The largest absolute Gasteiger partial charge is 0.370 e. The Labute approximate surface area is 142 Å². The first kappa shape index (κ1) is 15.3. The molecule has 23 heavy (non-hydrogen) atoms. The molecule has 0 bridgehead atoms. The summed E-state index contributed by atoms with van der Waals surface area (Å²) >= 11 is 3.44. The standard InChI is InChI=1S/C18H13N3S2/c1-21(2)18-9-17-16(23-18)8-15(22-17)7-14(11-20)13-5-3-12(10-19)4-6-13/h3-9H,1-2H3/b14-7+. The second-order valence-corrected chi connectivity index (χ2v) is 7.39.